The second-order valence-corrected chi connectivity index (χ2v) is 9.20. The van der Waals surface area contributed by atoms with E-state index in [-0.39, 0.29) is 4.90 Å². The lowest BCUT2D eigenvalue weighted by molar-refractivity contribution is 0.431. The smallest absolute Gasteiger partial charge is 0.256 e. The van der Waals surface area contributed by atoms with Crippen molar-refractivity contribution in [3.63, 3.8) is 0 Å². The van der Waals surface area contributed by atoms with Gasteiger partial charge in [-0.1, -0.05) is 11.8 Å². The number of fused-ring (bicyclic) bond motifs is 1. The zero-order chi connectivity index (χ0) is 19.1. The molecule has 2 aromatic heterocycles. The average molecular weight is 395 g/mol. The summed E-state index contributed by atoms with van der Waals surface area (Å²) in [6.45, 7) is 6.59. The van der Waals surface area contributed by atoms with Crippen LogP contribution in [0.4, 0.5) is 0 Å². The topological polar surface area (TPSA) is 81.2 Å². The number of thioether (sulfide) groups is 1. The van der Waals surface area contributed by atoms with Crippen LogP contribution in [-0.2, 0) is 22.3 Å². The maximum absolute atomic E-state index is 12.3. The fraction of sp³-hybridized carbons (Fsp3) is 0.412. The summed E-state index contributed by atoms with van der Waals surface area (Å²) in [4.78, 5) is 9.27. The predicted molar refractivity (Wildman–Crippen MR) is 102 cm³/mol. The van der Waals surface area contributed by atoms with Crippen LogP contribution in [-0.4, -0.2) is 41.4 Å². The Morgan fingerprint density at radius 1 is 1.23 bits per heavy atom. The number of oxazole rings is 1. The molecular weight excluding hydrogens is 372 g/mol. The lowest BCUT2D eigenvalue weighted by Crippen LogP contribution is -2.22. The number of rotatable bonds is 6. The Hall–Kier alpha value is -1.84. The minimum atomic E-state index is -3.48. The highest BCUT2D eigenvalue weighted by atomic mass is 32.2. The highest BCUT2D eigenvalue weighted by Crippen LogP contribution is 2.27. The molecule has 9 heteroatoms. The first kappa shape index (κ1) is 18.9. The Balaban J connectivity index is 1.95. The van der Waals surface area contributed by atoms with E-state index >= 15 is 0 Å². The molecule has 0 saturated heterocycles. The van der Waals surface area contributed by atoms with Crippen LogP contribution in [0.1, 0.15) is 24.2 Å². The lowest BCUT2D eigenvalue weighted by Gasteiger charge is -2.11. The van der Waals surface area contributed by atoms with Crippen LogP contribution < -0.4 is 0 Å². The number of hydrogen-bond donors (Lipinski definition) is 0. The van der Waals surface area contributed by atoms with Crippen LogP contribution in [0.3, 0.4) is 0 Å². The van der Waals surface area contributed by atoms with E-state index in [1.54, 1.807) is 12.1 Å². The molecule has 0 unspecified atom stereocenters. The number of imidazole rings is 1. The first-order valence-corrected chi connectivity index (χ1v) is 10.6. The summed E-state index contributed by atoms with van der Waals surface area (Å²) in [7, 11) is -0.441. The normalized spacial score (nSPS) is 12.4. The van der Waals surface area contributed by atoms with Crippen molar-refractivity contribution >= 4 is 32.8 Å². The summed E-state index contributed by atoms with van der Waals surface area (Å²) in [6.07, 6.45) is 0. The molecule has 0 aliphatic carbocycles. The number of hydrogen-bond acceptors (Lipinski definition) is 6. The van der Waals surface area contributed by atoms with Crippen molar-refractivity contribution in [1.82, 2.24) is 18.8 Å². The van der Waals surface area contributed by atoms with Gasteiger partial charge in [-0.25, -0.2) is 22.7 Å². The van der Waals surface area contributed by atoms with Gasteiger partial charge in [-0.05, 0) is 39.0 Å². The van der Waals surface area contributed by atoms with E-state index in [9.17, 15) is 8.42 Å². The van der Waals surface area contributed by atoms with Gasteiger partial charge < -0.3 is 8.98 Å². The second-order valence-electron chi connectivity index (χ2n) is 6.12. The molecule has 0 amide bonds. The van der Waals surface area contributed by atoms with E-state index in [1.165, 1.54) is 30.2 Å². The van der Waals surface area contributed by atoms with E-state index in [4.69, 9.17) is 4.42 Å². The number of sulfonamides is 1. The van der Waals surface area contributed by atoms with Crippen molar-refractivity contribution in [2.24, 2.45) is 0 Å². The average Bonchev–Trinajstić information content (AvgIpc) is 3.11. The molecule has 0 N–H and O–H groups in total. The van der Waals surface area contributed by atoms with Crippen molar-refractivity contribution in [1.29, 1.82) is 0 Å². The summed E-state index contributed by atoms with van der Waals surface area (Å²) >= 11 is 1.48. The summed E-state index contributed by atoms with van der Waals surface area (Å²) in [5, 5.41) is 0.616. The minimum Gasteiger partial charge on any atom is -0.437 e. The largest absolute Gasteiger partial charge is 0.437 e. The molecule has 0 bridgehead atoms. The third kappa shape index (κ3) is 3.38. The molecule has 0 aliphatic heterocycles. The number of aromatic nitrogens is 3. The van der Waals surface area contributed by atoms with Crippen LogP contribution in [0.15, 0.2) is 32.7 Å². The van der Waals surface area contributed by atoms with Gasteiger partial charge in [-0.3, -0.25) is 0 Å². The molecule has 7 nitrogen and oxygen atoms in total. The van der Waals surface area contributed by atoms with Crippen LogP contribution in [0.5, 0.6) is 0 Å². The molecule has 0 spiro atoms. The molecule has 0 aliphatic rings. The third-order valence-electron chi connectivity index (χ3n) is 4.23. The molecular formula is C17H22N4O3S2. The Kier molecular flexibility index (Phi) is 5.14. The van der Waals surface area contributed by atoms with Crippen molar-refractivity contribution in [3.05, 3.63) is 35.5 Å². The van der Waals surface area contributed by atoms with Crippen molar-refractivity contribution < 1.29 is 12.8 Å². The molecule has 3 rings (SSSR count). The number of aryl methyl sites for hydroxylation is 3. The van der Waals surface area contributed by atoms with Crippen molar-refractivity contribution in [3.8, 4) is 0 Å². The highest BCUT2D eigenvalue weighted by Gasteiger charge is 2.20. The molecule has 1 aromatic carbocycles. The standard InChI is InChI=1S/C17H22N4O3S2/c1-6-21-15-8-7-13(26(22,23)20(4)5)9-14(15)19-16(21)10-25-17-18-11(2)12(3)24-17/h7-9H,6,10H2,1-5H3. The molecule has 0 fully saturated rings. The zero-order valence-electron chi connectivity index (χ0n) is 15.5. The van der Waals surface area contributed by atoms with Gasteiger partial charge in [0.05, 0.1) is 27.4 Å². The molecule has 0 saturated carbocycles. The van der Waals surface area contributed by atoms with Crippen molar-refractivity contribution in [2.75, 3.05) is 14.1 Å². The minimum absolute atomic E-state index is 0.244. The SMILES string of the molecule is CCn1c(CSc2nc(C)c(C)o2)nc2cc(S(=O)(=O)N(C)C)ccc21. The predicted octanol–water partition coefficient (Wildman–Crippen LogP) is 3.20. The van der Waals surface area contributed by atoms with Crippen molar-refractivity contribution in [2.45, 2.75) is 43.2 Å². The van der Waals surface area contributed by atoms with Crippen LogP contribution in [0.25, 0.3) is 11.0 Å². The fourth-order valence-corrected chi connectivity index (χ4v) is 4.41. The Labute approximate surface area is 157 Å². The third-order valence-corrected chi connectivity index (χ3v) is 6.86. The summed E-state index contributed by atoms with van der Waals surface area (Å²) < 4.78 is 33.6. The van der Waals surface area contributed by atoms with E-state index in [1.807, 2.05) is 26.8 Å². The van der Waals surface area contributed by atoms with E-state index < -0.39 is 10.0 Å². The first-order valence-electron chi connectivity index (χ1n) is 8.22. The molecule has 2 heterocycles. The van der Waals surface area contributed by atoms with Gasteiger partial charge in [-0.15, -0.1) is 0 Å². The second kappa shape index (κ2) is 7.05. The Bertz CT molecular complexity index is 1030. The first-order chi connectivity index (χ1) is 12.2. The monoisotopic (exact) mass is 394 g/mol. The summed E-state index contributed by atoms with van der Waals surface area (Å²) in [6, 6.07) is 5.07. The van der Waals surface area contributed by atoms with Gasteiger partial charge in [0.1, 0.15) is 11.6 Å². The molecule has 140 valence electrons. The zero-order valence-corrected chi connectivity index (χ0v) is 17.1. The van der Waals surface area contributed by atoms with E-state index in [0.717, 1.165) is 29.3 Å². The quantitative estimate of drug-likeness (QED) is 0.597. The van der Waals surface area contributed by atoms with Gasteiger partial charge in [-0.2, -0.15) is 0 Å². The van der Waals surface area contributed by atoms with E-state index in [2.05, 4.69) is 14.5 Å². The maximum atomic E-state index is 12.3. The summed E-state index contributed by atoms with van der Waals surface area (Å²) in [5.74, 6) is 2.27. The van der Waals surface area contributed by atoms with Gasteiger partial charge in [0.2, 0.25) is 10.0 Å². The van der Waals surface area contributed by atoms with Crippen LogP contribution in [0, 0.1) is 13.8 Å². The fourth-order valence-electron chi connectivity index (χ4n) is 2.63. The molecule has 3 aromatic rings. The maximum Gasteiger partial charge on any atom is 0.256 e. The Morgan fingerprint density at radius 2 is 1.96 bits per heavy atom. The van der Waals surface area contributed by atoms with Gasteiger partial charge in [0, 0.05) is 20.6 Å². The van der Waals surface area contributed by atoms with Crippen LogP contribution in [0.2, 0.25) is 0 Å². The van der Waals surface area contributed by atoms with Gasteiger partial charge in [0.25, 0.3) is 5.22 Å². The van der Waals surface area contributed by atoms with Crippen LogP contribution >= 0.6 is 11.8 Å². The van der Waals surface area contributed by atoms with Gasteiger partial charge in [0.15, 0.2) is 0 Å². The number of nitrogens with zero attached hydrogens (tertiary/aromatic N) is 4. The highest BCUT2D eigenvalue weighted by molar-refractivity contribution is 7.98. The molecule has 0 radical (unpaired) electrons. The van der Waals surface area contributed by atoms with Gasteiger partial charge >= 0.3 is 0 Å². The Morgan fingerprint density at radius 3 is 2.54 bits per heavy atom. The van der Waals surface area contributed by atoms with E-state index in [0.29, 0.717) is 16.5 Å². The number of benzene rings is 1. The lowest BCUT2D eigenvalue weighted by atomic mass is 10.3. The molecule has 26 heavy (non-hydrogen) atoms. The summed E-state index contributed by atoms with van der Waals surface area (Å²) in [5.41, 5.74) is 2.47. The molecule has 0 atom stereocenters.